The summed E-state index contributed by atoms with van der Waals surface area (Å²) < 4.78 is 5.13. The molecule has 0 aromatic heterocycles. The highest BCUT2D eigenvalue weighted by molar-refractivity contribution is 5.85. The summed E-state index contributed by atoms with van der Waals surface area (Å²) in [7, 11) is 0. The highest BCUT2D eigenvalue weighted by atomic mass is 16.6. The third kappa shape index (κ3) is 16.1. The summed E-state index contributed by atoms with van der Waals surface area (Å²) in [5.74, 6) is -0.209. The Labute approximate surface area is 158 Å². The van der Waals surface area contributed by atoms with Crippen LogP contribution in [0.25, 0.3) is 0 Å². The lowest BCUT2D eigenvalue weighted by atomic mass is 10.2. The average molecular weight is 374 g/mol. The Hall–Kier alpha value is -1.38. The Morgan fingerprint density at radius 2 is 1.46 bits per heavy atom. The molecule has 1 atom stereocenters. The molecule has 8 nitrogen and oxygen atoms in total. The maximum Gasteiger partial charge on any atom is 0.408 e. The Morgan fingerprint density at radius 1 is 0.923 bits per heavy atom. The Morgan fingerprint density at radius 3 is 2.00 bits per heavy atom. The Kier molecular flexibility index (Phi) is 14.0. The third-order valence-electron chi connectivity index (χ3n) is 3.47. The fourth-order valence-corrected chi connectivity index (χ4v) is 2.11. The highest BCUT2D eigenvalue weighted by Crippen LogP contribution is 2.06. The summed E-state index contributed by atoms with van der Waals surface area (Å²) in [6.07, 6.45) is 3.55. The zero-order chi connectivity index (χ0) is 19.8. The van der Waals surface area contributed by atoms with E-state index in [1.165, 1.54) is 0 Å². The van der Waals surface area contributed by atoms with E-state index in [2.05, 4.69) is 21.3 Å². The van der Waals surface area contributed by atoms with Gasteiger partial charge < -0.3 is 31.7 Å². The molecule has 0 aliphatic carbocycles. The van der Waals surface area contributed by atoms with Crippen molar-refractivity contribution in [3.63, 3.8) is 0 Å². The van der Waals surface area contributed by atoms with Crippen LogP contribution in [-0.4, -0.2) is 62.9 Å². The summed E-state index contributed by atoms with van der Waals surface area (Å²) in [6, 6.07) is -0.621. The first kappa shape index (κ1) is 24.6. The molecule has 0 spiro atoms. The van der Waals surface area contributed by atoms with Crippen molar-refractivity contribution in [3.8, 4) is 0 Å². The molecular weight excluding hydrogens is 334 g/mol. The van der Waals surface area contributed by atoms with E-state index in [4.69, 9.17) is 10.5 Å². The summed E-state index contributed by atoms with van der Waals surface area (Å²) in [6.45, 7) is 12.1. The predicted octanol–water partition coefficient (Wildman–Crippen LogP) is 0.714. The predicted molar refractivity (Wildman–Crippen MR) is 105 cm³/mol. The molecular formula is C18H39N5O3. The Bertz CT molecular complexity index is 386. The van der Waals surface area contributed by atoms with Crippen molar-refractivity contribution in [3.05, 3.63) is 0 Å². The van der Waals surface area contributed by atoms with E-state index in [9.17, 15) is 9.59 Å². The van der Waals surface area contributed by atoms with E-state index in [0.717, 1.165) is 58.4 Å². The lowest BCUT2D eigenvalue weighted by molar-refractivity contribution is -0.122. The van der Waals surface area contributed by atoms with Gasteiger partial charge in [0.05, 0.1) is 0 Å². The van der Waals surface area contributed by atoms with Crippen LogP contribution < -0.4 is 27.0 Å². The van der Waals surface area contributed by atoms with Crippen molar-refractivity contribution >= 4 is 12.0 Å². The van der Waals surface area contributed by atoms with Crippen molar-refractivity contribution in [2.24, 2.45) is 5.73 Å². The van der Waals surface area contributed by atoms with Gasteiger partial charge in [0, 0.05) is 6.54 Å². The van der Waals surface area contributed by atoms with Gasteiger partial charge in [-0.2, -0.15) is 0 Å². The molecule has 0 aliphatic heterocycles. The van der Waals surface area contributed by atoms with Crippen molar-refractivity contribution in [1.29, 1.82) is 0 Å². The lowest BCUT2D eigenvalue weighted by Crippen LogP contribution is -2.46. The molecule has 0 saturated heterocycles. The first-order valence-electron chi connectivity index (χ1n) is 9.65. The van der Waals surface area contributed by atoms with Crippen LogP contribution in [0, 0.1) is 0 Å². The number of amides is 2. The van der Waals surface area contributed by atoms with E-state index in [-0.39, 0.29) is 5.91 Å². The molecule has 6 N–H and O–H groups in total. The molecule has 0 aromatic rings. The molecule has 0 heterocycles. The number of carbonyl (C=O) groups is 2. The monoisotopic (exact) mass is 373 g/mol. The molecule has 0 bridgehead atoms. The van der Waals surface area contributed by atoms with Crippen LogP contribution in [0.3, 0.4) is 0 Å². The van der Waals surface area contributed by atoms with Crippen LogP contribution in [-0.2, 0) is 9.53 Å². The van der Waals surface area contributed by atoms with Crippen LogP contribution in [0.4, 0.5) is 4.79 Å². The number of nitrogens with one attached hydrogen (secondary N) is 4. The second kappa shape index (κ2) is 14.8. The van der Waals surface area contributed by atoms with E-state index in [1.807, 2.05) is 0 Å². The van der Waals surface area contributed by atoms with Crippen LogP contribution in [0.2, 0.25) is 0 Å². The number of alkyl carbamates (subject to hydrolysis) is 1. The molecule has 0 rings (SSSR count). The molecule has 0 fully saturated rings. The SMILES string of the molecule is C[C@@H](NC(=O)OC(C)(C)C)C(=O)NCCCNCCCCNCCCN. The molecule has 0 aromatic carbocycles. The largest absolute Gasteiger partial charge is 0.444 e. The zero-order valence-electron chi connectivity index (χ0n) is 17.0. The maximum absolute atomic E-state index is 11.9. The number of hydrogen-bond acceptors (Lipinski definition) is 6. The van der Waals surface area contributed by atoms with Gasteiger partial charge in [0.25, 0.3) is 0 Å². The quantitative estimate of drug-likeness (QED) is 0.286. The number of ether oxygens (including phenoxy) is 1. The number of unbranched alkanes of at least 4 members (excludes halogenated alkanes) is 1. The van der Waals surface area contributed by atoms with Gasteiger partial charge in [0.15, 0.2) is 0 Å². The van der Waals surface area contributed by atoms with Crippen LogP contribution in [0.1, 0.15) is 53.4 Å². The normalized spacial score (nSPS) is 12.5. The molecule has 0 saturated carbocycles. The van der Waals surface area contributed by atoms with E-state index >= 15 is 0 Å². The molecule has 0 aliphatic rings. The fraction of sp³-hybridized carbons (Fsp3) is 0.889. The van der Waals surface area contributed by atoms with Crippen molar-refractivity contribution in [2.45, 2.75) is 65.0 Å². The van der Waals surface area contributed by atoms with Crippen LogP contribution >= 0.6 is 0 Å². The average Bonchev–Trinajstić information content (AvgIpc) is 2.53. The van der Waals surface area contributed by atoms with Gasteiger partial charge in [0.2, 0.25) is 5.91 Å². The number of hydrogen-bond donors (Lipinski definition) is 5. The third-order valence-corrected chi connectivity index (χ3v) is 3.47. The first-order chi connectivity index (χ1) is 12.3. The molecule has 0 unspecified atom stereocenters. The number of carbonyl (C=O) groups excluding carboxylic acids is 2. The number of rotatable bonds is 14. The van der Waals surface area contributed by atoms with Gasteiger partial charge in [-0.3, -0.25) is 4.79 Å². The summed E-state index contributed by atoms with van der Waals surface area (Å²) in [5.41, 5.74) is 4.85. The molecule has 26 heavy (non-hydrogen) atoms. The van der Waals surface area contributed by atoms with Crippen molar-refractivity contribution < 1.29 is 14.3 Å². The van der Waals surface area contributed by atoms with Gasteiger partial charge in [-0.05, 0) is 86.1 Å². The molecule has 2 amide bonds. The second-order valence-corrected chi connectivity index (χ2v) is 7.36. The van der Waals surface area contributed by atoms with Gasteiger partial charge in [-0.25, -0.2) is 4.79 Å². The summed E-state index contributed by atoms with van der Waals surface area (Å²) in [5, 5.41) is 12.1. The summed E-state index contributed by atoms with van der Waals surface area (Å²) >= 11 is 0. The minimum absolute atomic E-state index is 0.209. The standard InChI is InChI=1S/C18H39N5O3/c1-15(23-17(25)26-18(2,3)4)16(24)22-14-8-13-21-11-6-5-10-20-12-7-9-19/h15,20-21H,5-14,19H2,1-4H3,(H,22,24)(H,23,25)/t15-/m1/s1. The van der Waals surface area contributed by atoms with Crippen molar-refractivity contribution in [1.82, 2.24) is 21.3 Å². The van der Waals surface area contributed by atoms with E-state index in [0.29, 0.717) is 6.54 Å². The molecule has 154 valence electrons. The smallest absolute Gasteiger partial charge is 0.408 e. The minimum atomic E-state index is -0.621. The molecule has 0 radical (unpaired) electrons. The first-order valence-corrected chi connectivity index (χ1v) is 9.65. The van der Waals surface area contributed by atoms with E-state index in [1.54, 1.807) is 27.7 Å². The molecule has 8 heteroatoms. The zero-order valence-corrected chi connectivity index (χ0v) is 17.0. The topological polar surface area (TPSA) is 118 Å². The fourth-order valence-electron chi connectivity index (χ4n) is 2.11. The second-order valence-electron chi connectivity index (χ2n) is 7.36. The van der Waals surface area contributed by atoms with Gasteiger partial charge in [-0.1, -0.05) is 0 Å². The van der Waals surface area contributed by atoms with Gasteiger partial charge in [-0.15, -0.1) is 0 Å². The van der Waals surface area contributed by atoms with Crippen molar-refractivity contribution in [2.75, 3.05) is 39.3 Å². The van der Waals surface area contributed by atoms with Crippen LogP contribution in [0.5, 0.6) is 0 Å². The van der Waals surface area contributed by atoms with Gasteiger partial charge in [0.1, 0.15) is 11.6 Å². The van der Waals surface area contributed by atoms with Gasteiger partial charge >= 0.3 is 6.09 Å². The Balaban J connectivity index is 3.52. The minimum Gasteiger partial charge on any atom is -0.444 e. The summed E-state index contributed by atoms with van der Waals surface area (Å²) in [4.78, 5) is 23.5. The maximum atomic E-state index is 11.9. The lowest BCUT2D eigenvalue weighted by Gasteiger charge is -2.21. The van der Waals surface area contributed by atoms with E-state index < -0.39 is 17.7 Å². The number of nitrogens with two attached hydrogens (primary N) is 1. The van der Waals surface area contributed by atoms with Crippen LogP contribution in [0.15, 0.2) is 0 Å². The highest BCUT2D eigenvalue weighted by Gasteiger charge is 2.20.